The Morgan fingerprint density at radius 2 is 1.93 bits per heavy atom. The molecule has 8 heteroatoms. The minimum absolute atomic E-state index is 0.140. The van der Waals surface area contributed by atoms with Crippen molar-refractivity contribution in [2.45, 2.75) is 36.9 Å². The second-order valence-electron chi connectivity index (χ2n) is 6.81. The number of fused-ring (bicyclic) bond motifs is 3. The zero-order valence-electron chi connectivity index (χ0n) is 15.7. The van der Waals surface area contributed by atoms with Crippen LogP contribution in [0.2, 0.25) is 0 Å². The van der Waals surface area contributed by atoms with Gasteiger partial charge in [-0.25, -0.2) is 4.98 Å². The van der Waals surface area contributed by atoms with Crippen molar-refractivity contribution in [1.29, 1.82) is 0 Å². The van der Waals surface area contributed by atoms with E-state index in [1.54, 1.807) is 0 Å². The van der Waals surface area contributed by atoms with Gasteiger partial charge in [-0.05, 0) is 30.7 Å². The maximum atomic E-state index is 13.3. The summed E-state index contributed by atoms with van der Waals surface area (Å²) >= 11 is 1.38. The van der Waals surface area contributed by atoms with Crippen molar-refractivity contribution in [3.63, 3.8) is 0 Å². The summed E-state index contributed by atoms with van der Waals surface area (Å²) in [6, 6.07) is 12.2. The average Bonchev–Trinajstić information content (AvgIpc) is 3.07. The molecule has 0 saturated carbocycles. The van der Waals surface area contributed by atoms with Gasteiger partial charge >= 0.3 is 6.18 Å². The van der Waals surface area contributed by atoms with E-state index in [2.05, 4.69) is 4.98 Å². The quantitative estimate of drug-likeness (QED) is 0.338. The Morgan fingerprint density at radius 3 is 2.66 bits per heavy atom. The van der Waals surface area contributed by atoms with Crippen LogP contribution in [0.1, 0.15) is 25.8 Å². The number of benzene rings is 2. The highest BCUT2D eigenvalue weighted by molar-refractivity contribution is 7.99. The maximum absolute atomic E-state index is 13.3. The first kappa shape index (κ1) is 19.6. The Balaban J connectivity index is 2.04. The molecule has 29 heavy (non-hydrogen) atoms. The van der Waals surface area contributed by atoms with Gasteiger partial charge in [-0.1, -0.05) is 49.9 Å². The van der Waals surface area contributed by atoms with Gasteiger partial charge in [-0.2, -0.15) is 13.2 Å². The molecular weight excluding hydrogens is 399 g/mol. The van der Waals surface area contributed by atoms with E-state index < -0.39 is 17.3 Å². The molecular formula is C21H18F3N3OS. The summed E-state index contributed by atoms with van der Waals surface area (Å²) < 4.78 is 41.0. The standard InChI is InChI=1S/C21H18F3N3OS/c1-3-12(2)29-20-26-17-15-9-4-5-10-16(15)25-18(17)19(28)27(20)14-8-6-7-13(11-14)21(22,23)24/h4-12,25H,3H2,1-2H3/t12-/m1/s1. The average molecular weight is 417 g/mol. The highest BCUT2D eigenvalue weighted by atomic mass is 32.2. The SMILES string of the molecule is CC[C@@H](C)Sc1nc2c([nH]c3ccccc32)c(=O)n1-c1cccc(C(F)(F)F)c1. The lowest BCUT2D eigenvalue weighted by atomic mass is 10.2. The predicted octanol–water partition coefficient (Wildman–Crippen LogP) is 5.78. The number of halogens is 3. The lowest BCUT2D eigenvalue weighted by molar-refractivity contribution is -0.137. The third-order valence-electron chi connectivity index (χ3n) is 4.81. The summed E-state index contributed by atoms with van der Waals surface area (Å²) in [5.41, 5.74) is 0.475. The van der Waals surface area contributed by atoms with Gasteiger partial charge < -0.3 is 4.98 Å². The van der Waals surface area contributed by atoms with Gasteiger partial charge in [0.1, 0.15) is 11.0 Å². The molecule has 2 heterocycles. The number of aromatic amines is 1. The van der Waals surface area contributed by atoms with Crippen molar-refractivity contribution in [3.05, 3.63) is 64.4 Å². The van der Waals surface area contributed by atoms with Gasteiger partial charge in [0.25, 0.3) is 5.56 Å². The van der Waals surface area contributed by atoms with E-state index in [-0.39, 0.29) is 16.5 Å². The van der Waals surface area contributed by atoms with Crippen LogP contribution in [0.5, 0.6) is 0 Å². The molecule has 0 unspecified atom stereocenters. The summed E-state index contributed by atoms with van der Waals surface area (Å²) in [5.74, 6) is 0. The van der Waals surface area contributed by atoms with Crippen molar-refractivity contribution < 1.29 is 13.2 Å². The number of H-pyrrole nitrogens is 1. The number of nitrogens with zero attached hydrogens (tertiary/aromatic N) is 2. The number of nitrogens with one attached hydrogen (secondary N) is 1. The van der Waals surface area contributed by atoms with Crippen molar-refractivity contribution in [2.75, 3.05) is 0 Å². The normalized spacial score (nSPS) is 13.3. The summed E-state index contributed by atoms with van der Waals surface area (Å²) in [4.78, 5) is 21.1. The third kappa shape index (κ3) is 3.53. The molecule has 0 saturated heterocycles. The number of thioether (sulfide) groups is 1. The van der Waals surface area contributed by atoms with Gasteiger partial charge in [0.15, 0.2) is 5.16 Å². The molecule has 0 radical (unpaired) electrons. The number of hydrogen-bond donors (Lipinski definition) is 1. The zero-order valence-corrected chi connectivity index (χ0v) is 16.6. The Morgan fingerprint density at radius 1 is 1.17 bits per heavy atom. The molecule has 0 bridgehead atoms. The highest BCUT2D eigenvalue weighted by Gasteiger charge is 2.31. The molecule has 0 fully saturated rings. The Kier molecular flexibility index (Phi) is 4.90. The van der Waals surface area contributed by atoms with Gasteiger partial charge in [-0.3, -0.25) is 9.36 Å². The molecule has 0 aliphatic rings. The monoisotopic (exact) mass is 417 g/mol. The molecule has 0 amide bonds. The lowest BCUT2D eigenvalue weighted by Gasteiger charge is -2.16. The van der Waals surface area contributed by atoms with Crippen molar-refractivity contribution in [3.8, 4) is 5.69 Å². The van der Waals surface area contributed by atoms with E-state index in [4.69, 9.17) is 4.98 Å². The molecule has 2 aromatic carbocycles. The number of hydrogen-bond acceptors (Lipinski definition) is 3. The van der Waals surface area contributed by atoms with E-state index >= 15 is 0 Å². The molecule has 150 valence electrons. The lowest BCUT2D eigenvalue weighted by Crippen LogP contribution is -2.23. The Labute approximate surface area is 168 Å². The van der Waals surface area contributed by atoms with E-state index in [0.29, 0.717) is 10.7 Å². The zero-order chi connectivity index (χ0) is 20.8. The summed E-state index contributed by atoms with van der Waals surface area (Å²) in [7, 11) is 0. The van der Waals surface area contributed by atoms with Gasteiger partial charge in [0, 0.05) is 16.2 Å². The second-order valence-corrected chi connectivity index (χ2v) is 8.22. The Bertz CT molecular complexity index is 1260. The third-order valence-corrected chi connectivity index (χ3v) is 6.03. The van der Waals surface area contributed by atoms with Crippen LogP contribution in [0.3, 0.4) is 0 Å². The van der Waals surface area contributed by atoms with Crippen LogP contribution >= 0.6 is 11.8 Å². The highest BCUT2D eigenvalue weighted by Crippen LogP contribution is 2.32. The van der Waals surface area contributed by atoms with E-state index in [0.717, 1.165) is 29.5 Å². The van der Waals surface area contributed by atoms with Gasteiger partial charge in [0.05, 0.1) is 11.3 Å². The number of alkyl halides is 3. The molecule has 4 rings (SSSR count). The van der Waals surface area contributed by atoms with E-state index in [1.807, 2.05) is 38.1 Å². The molecule has 4 nitrogen and oxygen atoms in total. The first-order valence-corrected chi connectivity index (χ1v) is 10.1. The first-order chi connectivity index (χ1) is 13.8. The summed E-state index contributed by atoms with van der Waals surface area (Å²) in [5, 5.41) is 1.32. The van der Waals surface area contributed by atoms with Gasteiger partial charge in [0.2, 0.25) is 0 Å². The van der Waals surface area contributed by atoms with Crippen LogP contribution in [0.15, 0.2) is 58.5 Å². The van der Waals surface area contributed by atoms with Crippen LogP contribution in [-0.2, 0) is 6.18 Å². The van der Waals surface area contributed by atoms with Crippen molar-refractivity contribution in [1.82, 2.24) is 14.5 Å². The number of rotatable bonds is 4. The fraction of sp³-hybridized carbons (Fsp3) is 0.238. The molecule has 1 atom stereocenters. The topological polar surface area (TPSA) is 50.7 Å². The van der Waals surface area contributed by atoms with E-state index in [1.165, 1.54) is 28.5 Å². The van der Waals surface area contributed by atoms with Gasteiger partial charge in [-0.15, -0.1) is 0 Å². The molecule has 4 aromatic rings. The van der Waals surface area contributed by atoms with Crippen molar-refractivity contribution in [2.24, 2.45) is 0 Å². The first-order valence-electron chi connectivity index (χ1n) is 9.17. The fourth-order valence-corrected chi connectivity index (χ4v) is 4.10. The van der Waals surface area contributed by atoms with Crippen LogP contribution in [0.25, 0.3) is 27.6 Å². The fourth-order valence-electron chi connectivity index (χ4n) is 3.13. The van der Waals surface area contributed by atoms with E-state index in [9.17, 15) is 18.0 Å². The summed E-state index contributed by atoms with van der Waals surface area (Å²) in [6.45, 7) is 4.00. The summed E-state index contributed by atoms with van der Waals surface area (Å²) in [6.07, 6.45) is -3.67. The molecule has 2 aromatic heterocycles. The molecule has 0 aliphatic carbocycles. The minimum atomic E-state index is -4.50. The minimum Gasteiger partial charge on any atom is -0.349 e. The van der Waals surface area contributed by atoms with Crippen molar-refractivity contribution >= 4 is 33.7 Å². The van der Waals surface area contributed by atoms with Crippen LogP contribution in [-0.4, -0.2) is 19.8 Å². The predicted molar refractivity (Wildman–Crippen MR) is 110 cm³/mol. The number of para-hydroxylation sites is 1. The number of aromatic nitrogens is 3. The smallest absolute Gasteiger partial charge is 0.349 e. The molecule has 0 aliphatic heterocycles. The van der Waals surface area contributed by atoms with Crippen LogP contribution < -0.4 is 5.56 Å². The Hall–Kier alpha value is -2.74. The van der Waals surface area contributed by atoms with Crippen LogP contribution in [0, 0.1) is 0 Å². The maximum Gasteiger partial charge on any atom is 0.416 e. The second kappa shape index (κ2) is 7.26. The molecule has 0 spiro atoms. The van der Waals surface area contributed by atoms with Crippen LogP contribution in [0.4, 0.5) is 13.2 Å². The molecule has 1 N–H and O–H groups in total. The largest absolute Gasteiger partial charge is 0.416 e.